The second-order valence-corrected chi connectivity index (χ2v) is 6.92. The lowest BCUT2D eigenvalue weighted by molar-refractivity contribution is -0.0593. The summed E-state index contributed by atoms with van der Waals surface area (Å²) in [6.45, 7) is 15.3. The van der Waals surface area contributed by atoms with Gasteiger partial charge in [-0.15, -0.1) is 0 Å². The average molecular weight is 419 g/mol. The van der Waals surface area contributed by atoms with Gasteiger partial charge in [0.1, 0.15) is 17.5 Å². The molecule has 0 spiro atoms. The van der Waals surface area contributed by atoms with Gasteiger partial charge in [0.05, 0.1) is 0 Å². The summed E-state index contributed by atoms with van der Waals surface area (Å²) in [5.74, 6) is 2.82. The number of unbranched alkanes of at least 4 members (excludes halogenated alkanes) is 1. The van der Waals surface area contributed by atoms with E-state index in [9.17, 15) is 0 Å². The zero-order valence-corrected chi connectivity index (χ0v) is 18.7. The zero-order chi connectivity index (χ0) is 21.0. The Labute approximate surface area is 179 Å². The van der Waals surface area contributed by atoms with Crippen LogP contribution in [0.2, 0.25) is 0 Å². The number of hydrogen-bond acceptors (Lipinski definition) is 9. The molecule has 0 amide bonds. The van der Waals surface area contributed by atoms with E-state index < -0.39 is 0 Å². The van der Waals surface area contributed by atoms with E-state index in [1.54, 1.807) is 0 Å². The smallest absolute Gasteiger partial charge is 0.205 e. The second-order valence-electron chi connectivity index (χ2n) is 6.92. The molecule has 29 heavy (non-hydrogen) atoms. The van der Waals surface area contributed by atoms with E-state index in [-0.39, 0.29) is 20.6 Å². The molecule has 0 atom stereocenters. The van der Waals surface area contributed by atoms with Crippen LogP contribution in [0.5, 0.6) is 0 Å². The molecule has 9 heteroatoms. The molecular weight excluding hydrogens is 372 g/mol. The van der Waals surface area contributed by atoms with Crippen molar-refractivity contribution in [1.82, 2.24) is 14.7 Å². The number of rotatable bonds is 1. The largest absolute Gasteiger partial charge is 0.372 e. The van der Waals surface area contributed by atoms with E-state index in [1.165, 1.54) is 12.8 Å². The third kappa shape index (κ3) is 12.1. The number of hydrogen-bond donors (Lipinski definition) is 0. The Morgan fingerprint density at radius 2 is 1.14 bits per heavy atom. The van der Waals surface area contributed by atoms with Gasteiger partial charge in [0.2, 0.25) is 5.72 Å². The fraction of sp³-hybridized carbons (Fsp3) is 0.850. The third-order valence-electron chi connectivity index (χ3n) is 4.20. The molecule has 9 nitrogen and oxygen atoms in total. The molecule has 174 valence electrons. The van der Waals surface area contributed by atoms with Crippen LogP contribution in [0, 0.1) is 0 Å². The fourth-order valence-corrected chi connectivity index (χ4v) is 1.43. The van der Waals surface area contributed by atoms with Crippen LogP contribution in [0.4, 0.5) is 0 Å². The van der Waals surface area contributed by atoms with E-state index in [0.717, 1.165) is 17.5 Å². The van der Waals surface area contributed by atoms with Crippen LogP contribution in [0.15, 0.2) is 15.5 Å². The molecule has 0 unspecified atom stereocenters. The van der Waals surface area contributed by atoms with E-state index in [1.807, 2.05) is 70.5 Å². The summed E-state index contributed by atoms with van der Waals surface area (Å²) in [6.07, 6.45) is 2.64. The van der Waals surface area contributed by atoms with E-state index >= 15 is 0 Å². The molecule has 0 bridgehead atoms. The highest BCUT2D eigenvalue weighted by atomic mass is 16.7. The Balaban J connectivity index is -0.000000314. The highest BCUT2D eigenvalue weighted by Crippen LogP contribution is 2.20. The average Bonchev–Trinajstić information content (AvgIpc) is 3.27. The van der Waals surface area contributed by atoms with Crippen molar-refractivity contribution in [3.63, 3.8) is 0 Å². The quantitative estimate of drug-likeness (QED) is 0.621. The molecule has 0 fully saturated rings. The maximum Gasteiger partial charge on any atom is 0.205 e. The maximum absolute atomic E-state index is 5.08. The van der Waals surface area contributed by atoms with Gasteiger partial charge < -0.3 is 29.2 Å². The normalized spacial score (nSPS) is 17.6. The van der Waals surface area contributed by atoms with Crippen LogP contribution in [0.1, 0.15) is 76.2 Å². The Hall–Kier alpha value is -2.19. The summed E-state index contributed by atoms with van der Waals surface area (Å²) in [7, 11) is 5.84. The Bertz CT molecular complexity index is 492. The van der Waals surface area contributed by atoms with Gasteiger partial charge in [0, 0.05) is 21.1 Å². The number of oxime groups is 3. The molecule has 0 aromatic carbocycles. The van der Waals surface area contributed by atoms with E-state index in [0.29, 0.717) is 13.5 Å². The number of amidine groups is 3. The monoisotopic (exact) mass is 418 g/mol. The summed E-state index contributed by atoms with van der Waals surface area (Å²) in [6, 6.07) is 0. The summed E-state index contributed by atoms with van der Waals surface area (Å²) < 4.78 is 0. The van der Waals surface area contributed by atoms with Gasteiger partial charge in [-0.3, -0.25) is 0 Å². The summed E-state index contributed by atoms with van der Waals surface area (Å²) in [5, 5.41) is 11.1. The lowest BCUT2D eigenvalue weighted by atomic mass is 10.3. The highest BCUT2D eigenvalue weighted by Gasteiger charge is 2.31. The minimum absolute atomic E-state index is 0. The third-order valence-corrected chi connectivity index (χ3v) is 4.20. The molecule has 0 N–H and O–H groups in total. The van der Waals surface area contributed by atoms with Crippen LogP contribution in [-0.4, -0.2) is 72.5 Å². The van der Waals surface area contributed by atoms with Gasteiger partial charge in [-0.05, 0) is 34.6 Å². The molecule has 0 aromatic heterocycles. The second kappa shape index (κ2) is 15.7. The zero-order valence-electron chi connectivity index (χ0n) is 18.7. The van der Waals surface area contributed by atoms with Gasteiger partial charge in [-0.1, -0.05) is 57.0 Å². The summed E-state index contributed by atoms with van der Waals surface area (Å²) in [5.41, 5.74) is -0.246. The Morgan fingerprint density at radius 1 is 0.759 bits per heavy atom. The predicted molar refractivity (Wildman–Crippen MR) is 124 cm³/mol. The standard InChI is InChI=1S/C6H12N2O.2C4H8N2O.C4H10.2CH4/c1-5-7-9-6(2,3)8(5)4;2*1-4-5-7-3-6(4)2;1-3-4-2;;/h1-4H3;2*3H2,1-2H3;3-4H2,1-2H3;2*1H4. The molecule has 0 radical (unpaired) electrons. The first-order chi connectivity index (χ1) is 12.6. The highest BCUT2D eigenvalue weighted by molar-refractivity contribution is 5.80. The van der Waals surface area contributed by atoms with Gasteiger partial charge >= 0.3 is 0 Å². The lowest BCUT2D eigenvalue weighted by Gasteiger charge is -2.25. The van der Waals surface area contributed by atoms with Crippen molar-refractivity contribution in [2.24, 2.45) is 15.5 Å². The van der Waals surface area contributed by atoms with Crippen LogP contribution in [0.3, 0.4) is 0 Å². The first-order valence-electron chi connectivity index (χ1n) is 9.28. The van der Waals surface area contributed by atoms with Crippen molar-refractivity contribution >= 4 is 17.5 Å². The van der Waals surface area contributed by atoms with Gasteiger partial charge in [-0.2, -0.15) is 0 Å². The molecular formula is C20H46N6O3. The summed E-state index contributed by atoms with van der Waals surface area (Å²) >= 11 is 0. The van der Waals surface area contributed by atoms with Crippen LogP contribution >= 0.6 is 0 Å². The molecule has 0 aliphatic carbocycles. The fourth-order valence-electron chi connectivity index (χ4n) is 1.43. The van der Waals surface area contributed by atoms with E-state index in [2.05, 4.69) is 39.0 Å². The Kier molecular flexibility index (Phi) is 17.1. The van der Waals surface area contributed by atoms with Crippen molar-refractivity contribution < 1.29 is 14.5 Å². The topological polar surface area (TPSA) is 74.5 Å². The minimum atomic E-state index is -0.246. The molecule has 3 heterocycles. The van der Waals surface area contributed by atoms with Crippen molar-refractivity contribution in [3.8, 4) is 0 Å². The van der Waals surface area contributed by atoms with Crippen LogP contribution in [0.25, 0.3) is 0 Å². The SMILES string of the molecule is C.C.CC1=NOC(C)(C)N1C.CC1=NOCN1C.CC1=NOCN1C.CCCC. The number of nitrogens with zero attached hydrogens (tertiary/aromatic N) is 6. The molecule has 0 saturated heterocycles. The molecule has 3 rings (SSSR count). The molecule has 3 aliphatic heterocycles. The van der Waals surface area contributed by atoms with Crippen molar-refractivity contribution in [3.05, 3.63) is 0 Å². The van der Waals surface area contributed by atoms with Gasteiger partial charge in [0.15, 0.2) is 13.5 Å². The minimum Gasteiger partial charge on any atom is -0.372 e. The van der Waals surface area contributed by atoms with Gasteiger partial charge in [0.25, 0.3) is 0 Å². The van der Waals surface area contributed by atoms with Crippen molar-refractivity contribution in [2.75, 3.05) is 34.6 Å². The van der Waals surface area contributed by atoms with E-state index in [4.69, 9.17) is 4.84 Å². The van der Waals surface area contributed by atoms with Crippen LogP contribution < -0.4 is 0 Å². The molecule has 0 aromatic rings. The molecule has 3 aliphatic rings. The predicted octanol–water partition coefficient (Wildman–Crippen LogP) is 4.58. The van der Waals surface area contributed by atoms with Gasteiger partial charge in [-0.25, -0.2) is 0 Å². The maximum atomic E-state index is 5.08. The van der Waals surface area contributed by atoms with Crippen molar-refractivity contribution in [2.45, 2.75) is 81.9 Å². The van der Waals surface area contributed by atoms with Crippen molar-refractivity contribution in [1.29, 1.82) is 0 Å². The lowest BCUT2D eigenvalue weighted by Crippen LogP contribution is -2.39. The summed E-state index contributed by atoms with van der Waals surface area (Å²) in [4.78, 5) is 20.3. The Morgan fingerprint density at radius 3 is 1.21 bits per heavy atom. The molecule has 0 saturated carbocycles. The first-order valence-corrected chi connectivity index (χ1v) is 9.28. The first kappa shape index (κ1) is 31.5. The van der Waals surface area contributed by atoms with Crippen LogP contribution in [-0.2, 0) is 14.5 Å².